The highest BCUT2D eigenvalue weighted by molar-refractivity contribution is 7.21. The maximum atomic E-state index is 13.1. The average Bonchev–Trinajstić information content (AvgIpc) is 3.33. The monoisotopic (exact) mass is 473 g/mol. The second-order valence-corrected chi connectivity index (χ2v) is 9.69. The molecule has 0 spiro atoms. The number of carbonyl (C=O) groups is 1. The summed E-state index contributed by atoms with van der Waals surface area (Å²) in [5.41, 5.74) is 15.2. The number of alkyl halides is 2. The van der Waals surface area contributed by atoms with Crippen molar-refractivity contribution in [3.63, 3.8) is 0 Å². The Bertz CT molecular complexity index is 1220. The van der Waals surface area contributed by atoms with Gasteiger partial charge in [-0.3, -0.25) is 4.79 Å². The number of nitrogens with two attached hydrogens (primary N) is 2. The maximum Gasteiger partial charge on any atom is 0.263 e. The van der Waals surface area contributed by atoms with Crippen LogP contribution in [0.15, 0.2) is 30.3 Å². The molecule has 4 heterocycles. The molecule has 5 rings (SSSR count). The number of nitrogens with zero attached hydrogens (tertiary/aromatic N) is 2. The van der Waals surface area contributed by atoms with Crippen LogP contribution in [0.3, 0.4) is 0 Å². The lowest BCUT2D eigenvalue weighted by Gasteiger charge is -2.28. The molecule has 1 fully saturated rings. The third kappa shape index (κ3) is 4.08. The fraction of sp³-hybridized carbons (Fsp3) is 0.391. The van der Waals surface area contributed by atoms with E-state index in [0.717, 1.165) is 27.2 Å². The van der Waals surface area contributed by atoms with E-state index in [4.69, 9.17) is 16.2 Å². The minimum absolute atomic E-state index is 0.210. The van der Waals surface area contributed by atoms with Gasteiger partial charge in [0.1, 0.15) is 22.1 Å². The fourth-order valence-electron chi connectivity index (χ4n) is 4.49. The van der Waals surface area contributed by atoms with Gasteiger partial charge in [0.2, 0.25) is 6.43 Å². The largest absolute Gasteiger partial charge is 0.491 e. The number of pyridine rings is 1. The standard InChI is InChI=1S/C23H25F2N5O2S/c1-11-2-5-15-19(27)20(33-23(15)28-11)22(31)29-13-6-12-3-4-14(7-18(12)32-10-13)30-8-16(21(24)25)17(26)9-30/h2-5,7,13,16-17,21H,6,8-10,26-27H2,1H3,(H,29,31)/t13-,16-,17+/m1/s1. The van der Waals surface area contributed by atoms with E-state index >= 15 is 0 Å². The molecule has 174 valence electrons. The maximum absolute atomic E-state index is 13.1. The van der Waals surface area contributed by atoms with Gasteiger partial charge in [-0.2, -0.15) is 0 Å². The molecular weight excluding hydrogens is 448 g/mol. The van der Waals surface area contributed by atoms with Crippen molar-refractivity contribution < 1.29 is 18.3 Å². The Hall–Kier alpha value is -2.98. The zero-order valence-corrected chi connectivity index (χ0v) is 18.9. The molecule has 10 heteroatoms. The molecule has 3 atom stereocenters. The van der Waals surface area contributed by atoms with Gasteiger partial charge in [0.05, 0.1) is 17.6 Å². The van der Waals surface area contributed by atoms with Gasteiger partial charge in [-0.1, -0.05) is 6.07 Å². The van der Waals surface area contributed by atoms with Crippen molar-refractivity contribution in [2.75, 3.05) is 30.3 Å². The number of amides is 1. The predicted octanol–water partition coefficient (Wildman–Crippen LogP) is 2.95. The van der Waals surface area contributed by atoms with Gasteiger partial charge in [-0.25, -0.2) is 13.8 Å². The molecule has 0 aliphatic carbocycles. The number of hydrogen-bond donors (Lipinski definition) is 3. The van der Waals surface area contributed by atoms with Crippen LogP contribution in [0.2, 0.25) is 0 Å². The third-order valence-corrected chi connectivity index (χ3v) is 7.45. The Morgan fingerprint density at radius 2 is 2.12 bits per heavy atom. The van der Waals surface area contributed by atoms with E-state index in [2.05, 4.69) is 10.3 Å². The molecule has 1 aromatic carbocycles. The summed E-state index contributed by atoms with van der Waals surface area (Å²) in [5.74, 6) is -0.374. The molecule has 0 saturated carbocycles. The summed E-state index contributed by atoms with van der Waals surface area (Å²) in [6.45, 7) is 2.81. The van der Waals surface area contributed by atoms with Gasteiger partial charge in [-0.15, -0.1) is 11.3 Å². The van der Waals surface area contributed by atoms with E-state index in [9.17, 15) is 13.6 Å². The lowest BCUT2D eigenvalue weighted by molar-refractivity contribution is 0.0804. The van der Waals surface area contributed by atoms with Gasteiger partial charge in [0, 0.05) is 42.0 Å². The molecule has 7 nitrogen and oxygen atoms in total. The first-order valence-electron chi connectivity index (χ1n) is 10.8. The van der Waals surface area contributed by atoms with Gasteiger partial charge in [-0.05, 0) is 37.1 Å². The first-order valence-corrected chi connectivity index (χ1v) is 11.6. The molecule has 2 aromatic heterocycles. The molecule has 1 amide bonds. The Morgan fingerprint density at radius 1 is 1.30 bits per heavy atom. The van der Waals surface area contributed by atoms with Crippen LogP contribution in [-0.2, 0) is 6.42 Å². The molecule has 2 aliphatic rings. The van der Waals surface area contributed by atoms with Crippen LogP contribution in [0.1, 0.15) is 20.9 Å². The minimum atomic E-state index is -2.43. The number of hydrogen-bond acceptors (Lipinski definition) is 7. The van der Waals surface area contributed by atoms with Crippen LogP contribution >= 0.6 is 11.3 Å². The van der Waals surface area contributed by atoms with Crippen LogP contribution < -0.4 is 26.4 Å². The number of fused-ring (bicyclic) bond motifs is 2. The number of anilines is 2. The minimum Gasteiger partial charge on any atom is -0.491 e. The lowest BCUT2D eigenvalue weighted by atomic mass is 10.0. The summed E-state index contributed by atoms with van der Waals surface area (Å²) in [7, 11) is 0. The van der Waals surface area contributed by atoms with Crippen molar-refractivity contribution >= 4 is 38.8 Å². The number of aromatic nitrogens is 1. The Kier molecular flexibility index (Phi) is 5.57. The number of ether oxygens (including phenoxy) is 1. The first kappa shape index (κ1) is 21.8. The summed E-state index contributed by atoms with van der Waals surface area (Å²) in [5, 5.41) is 3.80. The molecule has 2 aliphatic heterocycles. The number of nitrogens with one attached hydrogen (secondary N) is 1. The van der Waals surface area contributed by atoms with E-state index in [1.54, 1.807) is 0 Å². The van der Waals surface area contributed by atoms with E-state index in [-0.39, 0.29) is 18.5 Å². The lowest BCUT2D eigenvalue weighted by Crippen LogP contribution is -2.42. The number of benzene rings is 1. The van der Waals surface area contributed by atoms with Crippen molar-refractivity contribution in [2.24, 2.45) is 11.7 Å². The summed E-state index contributed by atoms with van der Waals surface area (Å²) in [4.78, 5) is 20.4. The van der Waals surface area contributed by atoms with Gasteiger partial charge < -0.3 is 26.4 Å². The van der Waals surface area contributed by atoms with Crippen LogP contribution in [0, 0.1) is 12.8 Å². The van der Waals surface area contributed by atoms with Crippen molar-refractivity contribution in [1.29, 1.82) is 0 Å². The van der Waals surface area contributed by atoms with Crippen molar-refractivity contribution in [3.05, 3.63) is 46.5 Å². The number of carbonyl (C=O) groups excluding carboxylic acids is 1. The molecule has 1 saturated heterocycles. The van der Waals surface area contributed by atoms with E-state index in [0.29, 0.717) is 35.9 Å². The van der Waals surface area contributed by atoms with Crippen LogP contribution in [-0.4, -0.2) is 49.1 Å². The summed E-state index contributed by atoms with van der Waals surface area (Å²) in [6, 6.07) is 8.67. The van der Waals surface area contributed by atoms with Crippen LogP contribution in [0.4, 0.5) is 20.2 Å². The van der Waals surface area contributed by atoms with Crippen molar-refractivity contribution in [1.82, 2.24) is 10.3 Å². The van der Waals surface area contributed by atoms with Gasteiger partial charge in [0.25, 0.3) is 5.91 Å². The molecule has 0 bridgehead atoms. The molecule has 0 unspecified atom stereocenters. The van der Waals surface area contributed by atoms with Crippen molar-refractivity contribution in [2.45, 2.75) is 31.9 Å². The zero-order chi connectivity index (χ0) is 23.3. The third-order valence-electron chi connectivity index (χ3n) is 6.33. The smallest absolute Gasteiger partial charge is 0.263 e. The zero-order valence-electron chi connectivity index (χ0n) is 18.1. The Balaban J connectivity index is 1.27. The highest BCUT2D eigenvalue weighted by Crippen LogP contribution is 2.35. The summed E-state index contributed by atoms with van der Waals surface area (Å²) >= 11 is 1.28. The fourth-order valence-corrected chi connectivity index (χ4v) is 5.53. The highest BCUT2D eigenvalue weighted by Gasteiger charge is 2.37. The second-order valence-electron chi connectivity index (χ2n) is 8.69. The second kappa shape index (κ2) is 8.42. The van der Waals surface area contributed by atoms with E-state index in [1.165, 1.54) is 11.3 Å². The number of nitrogen functional groups attached to an aromatic ring is 1. The normalized spacial score (nSPS) is 22.5. The van der Waals surface area contributed by atoms with Crippen LogP contribution in [0.5, 0.6) is 5.75 Å². The average molecular weight is 474 g/mol. The van der Waals surface area contributed by atoms with Crippen LogP contribution in [0.25, 0.3) is 10.2 Å². The van der Waals surface area contributed by atoms with E-state index in [1.807, 2.05) is 42.2 Å². The molecular formula is C23H25F2N5O2S. The summed E-state index contributed by atoms with van der Waals surface area (Å²) in [6.07, 6.45) is -1.83. The number of thiophene rings is 1. The van der Waals surface area contributed by atoms with E-state index < -0.39 is 18.4 Å². The number of aryl methyl sites for hydroxylation is 1. The Labute approximate surface area is 193 Å². The van der Waals surface area contributed by atoms with Gasteiger partial charge >= 0.3 is 0 Å². The number of halogens is 2. The highest BCUT2D eigenvalue weighted by atomic mass is 32.1. The summed E-state index contributed by atoms with van der Waals surface area (Å²) < 4.78 is 32.2. The van der Waals surface area contributed by atoms with Crippen molar-refractivity contribution in [3.8, 4) is 5.75 Å². The Morgan fingerprint density at radius 3 is 2.88 bits per heavy atom. The molecule has 5 N–H and O–H groups in total. The molecule has 3 aromatic rings. The predicted molar refractivity (Wildman–Crippen MR) is 125 cm³/mol. The molecule has 0 radical (unpaired) electrons. The topological polar surface area (TPSA) is 106 Å². The first-order chi connectivity index (χ1) is 15.8. The molecule has 33 heavy (non-hydrogen) atoms. The van der Waals surface area contributed by atoms with Gasteiger partial charge in [0.15, 0.2) is 0 Å². The quantitative estimate of drug-likeness (QED) is 0.538. The SMILES string of the molecule is Cc1ccc2c(N)c(C(=O)N[C@H]3COc4cc(N5C[C@H](N)[C@H](C(F)F)C5)ccc4C3)sc2n1. The number of rotatable bonds is 4.